The Kier molecular flexibility index (Phi) is 5.18. The first kappa shape index (κ1) is 20.5. The van der Waals surface area contributed by atoms with Crippen LogP contribution in [0.3, 0.4) is 0 Å². The van der Waals surface area contributed by atoms with E-state index in [1.807, 2.05) is 0 Å². The predicted molar refractivity (Wildman–Crippen MR) is 102 cm³/mol. The van der Waals surface area contributed by atoms with Gasteiger partial charge in [-0.1, -0.05) is 12.1 Å². The van der Waals surface area contributed by atoms with Crippen LogP contribution >= 0.6 is 0 Å². The van der Waals surface area contributed by atoms with Crippen molar-refractivity contribution in [3.8, 4) is 0 Å². The molecule has 1 saturated carbocycles. The molecule has 31 heavy (non-hydrogen) atoms. The number of hydrogen-bond acceptors (Lipinski definition) is 5. The molecule has 0 aromatic heterocycles. The molecule has 2 aromatic rings. The predicted octanol–water partition coefficient (Wildman–Crippen LogP) is 2.18. The molecule has 3 amide bonds. The minimum absolute atomic E-state index is 0.0583. The number of amides is 3. The molecule has 1 fully saturated rings. The third-order valence-electron chi connectivity index (χ3n) is 5.35. The largest absolute Gasteiger partial charge is 0.348 e. The second-order valence-corrected chi connectivity index (χ2v) is 7.40. The monoisotopic (exact) mass is 426 g/mol. The molecule has 1 unspecified atom stereocenters. The van der Waals surface area contributed by atoms with Gasteiger partial charge >= 0.3 is 0 Å². The SMILES string of the molecule is O=C1CCC(N2C(=O)c3cccc(CNC(=O)c4cc(F)cc(F)c4)c3C2=O)C(=O)C1. The highest BCUT2D eigenvalue weighted by molar-refractivity contribution is 6.24. The summed E-state index contributed by atoms with van der Waals surface area (Å²) in [5, 5.41) is 2.48. The molecule has 2 aromatic carbocycles. The van der Waals surface area contributed by atoms with Crippen molar-refractivity contribution in [2.24, 2.45) is 0 Å². The Morgan fingerprint density at radius 2 is 1.74 bits per heavy atom. The van der Waals surface area contributed by atoms with Gasteiger partial charge in [-0.05, 0) is 30.2 Å². The number of hydrogen-bond donors (Lipinski definition) is 1. The van der Waals surface area contributed by atoms with Crippen LogP contribution in [-0.4, -0.2) is 40.2 Å². The first-order valence-corrected chi connectivity index (χ1v) is 9.54. The number of nitrogens with one attached hydrogen (secondary N) is 1. The number of fused-ring (bicyclic) bond motifs is 1. The molecule has 9 heteroatoms. The van der Waals surface area contributed by atoms with Crippen LogP contribution in [0, 0.1) is 11.6 Å². The normalized spacial score (nSPS) is 18.4. The Hall–Kier alpha value is -3.75. The van der Waals surface area contributed by atoms with Crippen molar-refractivity contribution in [3.05, 3.63) is 70.3 Å². The summed E-state index contributed by atoms with van der Waals surface area (Å²) in [5.74, 6) is -4.58. The molecule has 1 N–H and O–H groups in total. The van der Waals surface area contributed by atoms with Gasteiger partial charge in [-0.2, -0.15) is 0 Å². The molecule has 0 spiro atoms. The molecule has 0 radical (unpaired) electrons. The Balaban J connectivity index is 1.57. The Bertz CT molecular complexity index is 1140. The third kappa shape index (κ3) is 3.74. The van der Waals surface area contributed by atoms with E-state index < -0.39 is 41.2 Å². The van der Waals surface area contributed by atoms with Gasteiger partial charge in [0.25, 0.3) is 17.7 Å². The zero-order valence-electron chi connectivity index (χ0n) is 16.1. The topological polar surface area (TPSA) is 101 Å². The van der Waals surface area contributed by atoms with Crippen molar-refractivity contribution in [2.75, 3.05) is 0 Å². The van der Waals surface area contributed by atoms with E-state index in [1.54, 1.807) is 0 Å². The van der Waals surface area contributed by atoms with Crippen LogP contribution < -0.4 is 5.32 Å². The van der Waals surface area contributed by atoms with E-state index in [-0.39, 0.29) is 48.3 Å². The highest BCUT2D eigenvalue weighted by Gasteiger charge is 2.45. The van der Waals surface area contributed by atoms with Gasteiger partial charge in [0.1, 0.15) is 17.4 Å². The maximum absolute atomic E-state index is 13.3. The van der Waals surface area contributed by atoms with Crippen molar-refractivity contribution in [3.63, 3.8) is 0 Å². The van der Waals surface area contributed by atoms with Crippen LogP contribution in [0.2, 0.25) is 0 Å². The smallest absolute Gasteiger partial charge is 0.262 e. The number of Topliss-reactive ketones (excluding diaryl/α,β-unsaturated/α-hetero) is 2. The lowest BCUT2D eigenvalue weighted by Crippen LogP contribution is -2.47. The van der Waals surface area contributed by atoms with Crippen LogP contribution in [-0.2, 0) is 16.1 Å². The summed E-state index contributed by atoms with van der Waals surface area (Å²) in [7, 11) is 0. The van der Waals surface area contributed by atoms with Crippen LogP contribution in [0.4, 0.5) is 8.78 Å². The van der Waals surface area contributed by atoms with Gasteiger partial charge in [-0.15, -0.1) is 0 Å². The first-order valence-electron chi connectivity index (χ1n) is 9.54. The van der Waals surface area contributed by atoms with Gasteiger partial charge in [0, 0.05) is 24.6 Å². The Morgan fingerprint density at radius 3 is 2.42 bits per heavy atom. The van der Waals surface area contributed by atoms with Gasteiger partial charge in [0.15, 0.2) is 5.78 Å². The van der Waals surface area contributed by atoms with E-state index in [2.05, 4.69) is 5.32 Å². The molecular formula is C22H16F2N2O5. The maximum atomic E-state index is 13.3. The zero-order valence-corrected chi connectivity index (χ0v) is 16.1. The van der Waals surface area contributed by atoms with E-state index in [0.29, 0.717) is 11.6 Å². The van der Waals surface area contributed by atoms with E-state index in [0.717, 1.165) is 17.0 Å². The Morgan fingerprint density at radius 1 is 1.03 bits per heavy atom. The molecule has 1 aliphatic carbocycles. The van der Waals surface area contributed by atoms with E-state index in [9.17, 15) is 32.8 Å². The number of halogens is 2. The summed E-state index contributed by atoms with van der Waals surface area (Å²) < 4.78 is 26.7. The van der Waals surface area contributed by atoms with Gasteiger partial charge in [-0.25, -0.2) is 8.78 Å². The van der Waals surface area contributed by atoms with Crippen molar-refractivity contribution in [2.45, 2.75) is 31.8 Å². The molecule has 158 valence electrons. The fourth-order valence-corrected chi connectivity index (χ4v) is 3.90. The molecule has 4 rings (SSSR count). The van der Waals surface area contributed by atoms with E-state index in [1.165, 1.54) is 18.2 Å². The lowest BCUT2D eigenvalue weighted by atomic mass is 9.92. The molecular weight excluding hydrogens is 410 g/mol. The van der Waals surface area contributed by atoms with Crippen molar-refractivity contribution in [1.29, 1.82) is 0 Å². The molecule has 0 saturated heterocycles. The standard InChI is InChI=1S/C22H16F2N2O5/c23-13-6-12(7-14(24)8-13)20(29)25-10-11-2-1-3-16-19(11)22(31)26(21(16)30)17-5-4-15(27)9-18(17)28/h1-3,6-8,17H,4-5,9-10H2,(H,25,29). The number of imide groups is 1. The van der Waals surface area contributed by atoms with Gasteiger partial charge in [0.05, 0.1) is 23.6 Å². The second kappa shape index (κ2) is 7.82. The second-order valence-electron chi connectivity index (χ2n) is 7.40. The molecule has 0 bridgehead atoms. The quantitative estimate of drug-likeness (QED) is 0.597. The summed E-state index contributed by atoms with van der Waals surface area (Å²) in [6.45, 7) is -0.176. The van der Waals surface area contributed by atoms with Gasteiger partial charge in [-0.3, -0.25) is 28.9 Å². The van der Waals surface area contributed by atoms with Crippen LogP contribution in [0.25, 0.3) is 0 Å². The average molecular weight is 426 g/mol. The molecule has 1 heterocycles. The number of rotatable bonds is 4. The maximum Gasteiger partial charge on any atom is 0.262 e. The Labute approximate surface area is 175 Å². The molecule has 1 aliphatic heterocycles. The summed E-state index contributed by atoms with van der Waals surface area (Å²) in [6.07, 6.45) is -0.123. The van der Waals surface area contributed by atoms with Gasteiger partial charge < -0.3 is 5.32 Å². The first-order chi connectivity index (χ1) is 14.8. The van der Waals surface area contributed by atoms with Crippen molar-refractivity contribution in [1.82, 2.24) is 10.2 Å². The lowest BCUT2D eigenvalue weighted by molar-refractivity contribution is -0.132. The minimum Gasteiger partial charge on any atom is -0.348 e. The van der Waals surface area contributed by atoms with E-state index in [4.69, 9.17) is 0 Å². The number of ketones is 2. The van der Waals surface area contributed by atoms with Crippen molar-refractivity contribution < 1.29 is 32.8 Å². The summed E-state index contributed by atoms with van der Waals surface area (Å²) in [6, 6.07) is 5.90. The summed E-state index contributed by atoms with van der Waals surface area (Å²) in [4.78, 5) is 62.7. The van der Waals surface area contributed by atoms with Gasteiger partial charge in [0.2, 0.25) is 0 Å². The summed E-state index contributed by atoms with van der Waals surface area (Å²) in [5.41, 5.74) is 0.246. The lowest BCUT2D eigenvalue weighted by Gasteiger charge is -2.27. The average Bonchev–Trinajstić information content (AvgIpc) is 2.97. The molecule has 1 atom stereocenters. The van der Waals surface area contributed by atoms with Crippen LogP contribution in [0.1, 0.15) is 55.9 Å². The highest BCUT2D eigenvalue weighted by atomic mass is 19.1. The number of carbonyl (C=O) groups is 5. The fraction of sp³-hybridized carbons (Fsp3) is 0.227. The van der Waals surface area contributed by atoms with Crippen molar-refractivity contribution >= 4 is 29.3 Å². The minimum atomic E-state index is -0.997. The van der Waals surface area contributed by atoms with Crippen LogP contribution in [0.15, 0.2) is 36.4 Å². The van der Waals surface area contributed by atoms with Crippen LogP contribution in [0.5, 0.6) is 0 Å². The number of carbonyl (C=O) groups excluding carboxylic acids is 5. The molecule has 7 nitrogen and oxygen atoms in total. The highest BCUT2D eigenvalue weighted by Crippen LogP contribution is 2.31. The third-order valence-corrected chi connectivity index (χ3v) is 5.35. The number of benzene rings is 2. The number of nitrogens with zero attached hydrogens (tertiary/aromatic N) is 1. The van der Waals surface area contributed by atoms with E-state index >= 15 is 0 Å². The fourth-order valence-electron chi connectivity index (χ4n) is 3.90. The molecule has 2 aliphatic rings. The summed E-state index contributed by atoms with van der Waals surface area (Å²) >= 11 is 0. The zero-order chi connectivity index (χ0) is 22.3.